The fraction of sp³-hybridized carbons (Fsp3) is 0.421. The zero-order valence-corrected chi connectivity index (χ0v) is 14.1. The summed E-state index contributed by atoms with van der Waals surface area (Å²) in [5, 5.41) is 3.47. The van der Waals surface area contributed by atoms with Crippen LogP contribution in [0.4, 0.5) is 0 Å². The molecule has 0 amide bonds. The molecule has 3 heteroatoms. The van der Waals surface area contributed by atoms with Gasteiger partial charge in [-0.1, -0.05) is 19.4 Å². The number of methoxy groups -OCH3 is 1. The minimum atomic E-state index is 0.890. The molecule has 0 aliphatic heterocycles. The Balaban J connectivity index is 2.13. The van der Waals surface area contributed by atoms with E-state index in [4.69, 9.17) is 9.72 Å². The van der Waals surface area contributed by atoms with Gasteiger partial charge in [0.1, 0.15) is 5.75 Å². The quantitative estimate of drug-likeness (QED) is 0.775. The van der Waals surface area contributed by atoms with Gasteiger partial charge in [-0.25, -0.2) is 0 Å². The highest BCUT2D eigenvalue weighted by atomic mass is 16.5. The Morgan fingerprint density at radius 1 is 1.14 bits per heavy atom. The average molecular weight is 298 g/mol. The van der Waals surface area contributed by atoms with Crippen molar-refractivity contribution in [2.75, 3.05) is 13.7 Å². The Labute approximate surface area is 133 Å². The third kappa shape index (κ3) is 4.08. The van der Waals surface area contributed by atoms with Gasteiger partial charge in [-0.15, -0.1) is 0 Å². The second kappa shape index (κ2) is 7.95. The Hall–Kier alpha value is -1.87. The molecular weight excluding hydrogens is 272 g/mol. The van der Waals surface area contributed by atoms with Gasteiger partial charge in [-0.2, -0.15) is 0 Å². The molecule has 1 aromatic carbocycles. The molecule has 0 unspecified atom stereocenters. The lowest BCUT2D eigenvalue weighted by atomic mass is 10.1. The van der Waals surface area contributed by atoms with Gasteiger partial charge in [-0.3, -0.25) is 4.98 Å². The summed E-state index contributed by atoms with van der Waals surface area (Å²) >= 11 is 0. The van der Waals surface area contributed by atoms with Gasteiger partial charge in [0.25, 0.3) is 0 Å². The number of rotatable bonds is 7. The molecular formula is C19H26N2O. The van der Waals surface area contributed by atoms with E-state index in [2.05, 4.69) is 50.4 Å². The minimum Gasteiger partial charge on any atom is -0.496 e. The van der Waals surface area contributed by atoms with E-state index in [0.29, 0.717) is 0 Å². The highest BCUT2D eigenvalue weighted by molar-refractivity contribution is 5.62. The molecule has 0 fully saturated rings. The SMILES string of the molecule is CCCCNCc1ccc(-c2ccc(OC)c(C)c2)nc1C. The van der Waals surface area contributed by atoms with E-state index in [-0.39, 0.29) is 0 Å². The first-order chi connectivity index (χ1) is 10.7. The molecule has 0 saturated carbocycles. The highest BCUT2D eigenvalue weighted by Gasteiger charge is 2.06. The van der Waals surface area contributed by atoms with Crippen LogP contribution in [0.2, 0.25) is 0 Å². The van der Waals surface area contributed by atoms with Crippen LogP contribution in [0, 0.1) is 13.8 Å². The van der Waals surface area contributed by atoms with Gasteiger partial charge < -0.3 is 10.1 Å². The number of aromatic nitrogens is 1. The Morgan fingerprint density at radius 2 is 1.95 bits per heavy atom. The van der Waals surface area contributed by atoms with Crippen LogP contribution in [0.1, 0.15) is 36.6 Å². The predicted molar refractivity (Wildman–Crippen MR) is 92.3 cm³/mol. The molecule has 2 aromatic rings. The van der Waals surface area contributed by atoms with Crippen molar-refractivity contribution in [2.45, 2.75) is 40.2 Å². The smallest absolute Gasteiger partial charge is 0.121 e. The van der Waals surface area contributed by atoms with Crippen LogP contribution >= 0.6 is 0 Å². The lowest BCUT2D eigenvalue weighted by Gasteiger charge is -2.11. The van der Waals surface area contributed by atoms with Crippen molar-refractivity contribution < 1.29 is 4.74 Å². The maximum Gasteiger partial charge on any atom is 0.121 e. The van der Waals surface area contributed by atoms with Gasteiger partial charge >= 0.3 is 0 Å². The molecule has 118 valence electrons. The molecule has 2 rings (SSSR count). The third-order valence-corrected chi connectivity index (χ3v) is 3.91. The van der Waals surface area contributed by atoms with Crippen molar-refractivity contribution in [1.29, 1.82) is 0 Å². The van der Waals surface area contributed by atoms with Crippen LogP contribution in [0.5, 0.6) is 5.75 Å². The van der Waals surface area contributed by atoms with Crippen LogP contribution in [0.25, 0.3) is 11.3 Å². The molecule has 22 heavy (non-hydrogen) atoms. The summed E-state index contributed by atoms with van der Waals surface area (Å²) in [5.41, 5.74) is 5.64. The van der Waals surface area contributed by atoms with E-state index in [0.717, 1.165) is 41.4 Å². The van der Waals surface area contributed by atoms with E-state index in [9.17, 15) is 0 Å². The monoisotopic (exact) mass is 298 g/mol. The van der Waals surface area contributed by atoms with E-state index in [1.165, 1.54) is 18.4 Å². The third-order valence-electron chi connectivity index (χ3n) is 3.91. The molecule has 1 N–H and O–H groups in total. The molecule has 0 radical (unpaired) electrons. The number of hydrogen-bond donors (Lipinski definition) is 1. The van der Waals surface area contributed by atoms with Crippen LogP contribution < -0.4 is 10.1 Å². The maximum atomic E-state index is 5.31. The summed E-state index contributed by atoms with van der Waals surface area (Å²) in [6.45, 7) is 8.30. The normalized spacial score (nSPS) is 10.7. The van der Waals surface area contributed by atoms with Gasteiger partial charge in [0.2, 0.25) is 0 Å². The van der Waals surface area contributed by atoms with Gasteiger partial charge in [0, 0.05) is 17.8 Å². The second-order valence-electron chi connectivity index (χ2n) is 5.66. The van der Waals surface area contributed by atoms with Crippen molar-refractivity contribution in [3.05, 3.63) is 47.2 Å². The topological polar surface area (TPSA) is 34.1 Å². The number of nitrogens with one attached hydrogen (secondary N) is 1. The Bertz CT molecular complexity index is 623. The number of aryl methyl sites for hydroxylation is 2. The lowest BCUT2D eigenvalue weighted by molar-refractivity contribution is 0.412. The number of benzene rings is 1. The van der Waals surface area contributed by atoms with E-state index in [1.54, 1.807) is 7.11 Å². The van der Waals surface area contributed by atoms with Crippen LogP contribution in [-0.4, -0.2) is 18.6 Å². The zero-order valence-electron chi connectivity index (χ0n) is 14.1. The fourth-order valence-electron chi connectivity index (χ4n) is 2.50. The molecule has 0 aliphatic rings. The van der Waals surface area contributed by atoms with Crippen LogP contribution in [0.15, 0.2) is 30.3 Å². The van der Waals surface area contributed by atoms with E-state index < -0.39 is 0 Å². The van der Waals surface area contributed by atoms with Gasteiger partial charge in [0.15, 0.2) is 0 Å². The van der Waals surface area contributed by atoms with Crippen molar-refractivity contribution >= 4 is 0 Å². The van der Waals surface area contributed by atoms with Crippen molar-refractivity contribution in [1.82, 2.24) is 10.3 Å². The first-order valence-corrected chi connectivity index (χ1v) is 7.98. The molecule has 0 aliphatic carbocycles. The minimum absolute atomic E-state index is 0.890. The number of unbranched alkanes of at least 4 members (excludes halogenated alkanes) is 1. The largest absolute Gasteiger partial charge is 0.496 e. The molecule has 1 heterocycles. The molecule has 0 atom stereocenters. The average Bonchev–Trinajstić information content (AvgIpc) is 2.52. The summed E-state index contributed by atoms with van der Waals surface area (Å²) in [6, 6.07) is 10.5. The maximum absolute atomic E-state index is 5.31. The summed E-state index contributed by atoms with van der Waals surface area (Å²) in [7, 11) is 1.70. The summed E-state index contributed by atoms with van der Waals surface area (Å²) < 4.78 is 5.31. The summed E-state index contributed by atoms with van der Waals surface area (Å²) in [4.78, 5) is 4.76. The van der Waals surface area contributed by atoms with Crippen LogP contribution in [-0.2, 0) is 6.54 Å². The first-order valence-electron chi connectivity index (χ1n) is 7.98. The summed E-state index contributed by atoms with van der Waals surface area (Å²) in [5.74, 6) is 0.914. The molecule has 0 spiro atoms. The number of pyridine rings is 1. The van der Waals surface area contributed by atoms with Crippen LogP contribution in [0.3, 0.4) is 0 Å². The second-order valence-corrected chi connectivity index (χ2v) is 5.66. The van der Waals surface area contributed by atoms with Crippen molar-refractivity contribution in [3.8, 4) is 17.0 Å². The fourth-order valence-corrected chi connectivity index (χ4v) is 2.50. The molecule has 3 nitrogen and oxygen atoms in total. The predicted octanol–water partition coefficient (Wildman–Crippen LogP) is 4.26. The molecule has 0 bridgehead atoms. The highest BCUT2D eigenvalue weighted by Crippen LogP contribution is 2.25. The van der Waals surface area contributed by atoms with E-state index >= 15 is 0 Å². The van der Waals surface area contributed by atoms with E-state index in [1.807, 2.05) is 6.07 Å². The lowest BCUT2D eigenvalue weighted by Crippen LogP contribution is -2.15. The number of hydrogen-bond acceptors (Lipinski definition) is 3. The van der Waals surface area contributed by atoms with Crippen molar-refractivity contribution in [3.63, 3.8) is 0 Å². The number of nitrogens with zero attached hydrogens (tertiary/aromatic N) is 1. The van der Waals surface area contributed by atoms with Crippen molar-refractivity contribution in [2.24, 2.45) is 0 Å². The standard InChI is InChI=1S/C19H26N2O/c1-5-6-11-20-13-17-7-9-18(21-15(17)3)16-8-10-19(22-4)14(2)12-16/h7-10,12,20H,5-6,11,13H2,1-4H3. The Kier molecular flexibility index (Phi) is 5.96. The molecule has 1 aromatic heterocycles. The summed E-state index contributed by atoms with van der Waals surface area (Å²) in [6.07, 6.45) is 2.44. The van der Waals surface area contributed by atoms with Gasteiger partial charge in [-0.05, 0) is 62.2 Å². The zero-order chi connectivity index (χ0) is 15.9. The first kappa shape index (κ1) is 16.5. The molecule has 0 saturated heterocycles. The van der Waals surface area contributed by atoms with Gasteiger partial charge in [0.05, 0.1) is 12.8 Å². The number of ether oxygens (including phenoxy) is 1. The Morgan fingerprint density at radius 3 is 2.59 bits per heavy atom.